The largest absolute Gasteiger partial charge is 0.444 e. The summed E-state index contributed by atoms with van der Waals surface area (Å²) in [5.74, 6) is -0.254. The van der Waals surface area contributed by atoms with Crippen molar-refractivity contribution in [2.24, 2.45) is 0 Å². The van der Waals surface area contributed by atoms with Crippen molar-refractivity contribution in [3.63, 3.8) is 0 Å². The minimum atomic E-state index is -0.622. The van der Waals surface area contributed by atoms with Crippen molar-refractivity contribution >= 4 is 12.0 Å². The number of benzene rings is 2. The van der Waals surface area contributed by atoms with Gasteiger partial charge in [-0.1, -0.05) is 30.3 Å². The molecule has 1 heterocycles. The molecule has 1 aromatic heterocycles. The molecule has 0 bridgehead atoms. The zero-order valence-electron chi connectivity index (χ0n) is 18.9. The molecule has 1 aliphatic rings. The van der Waals surface area contributed by atoms with Gasteiger partial charge in [0, 0.05) is 23.5 Å². The lowest BCUT2D eigenvalue weighted by molar-refractivity contribution is 0.0491. The molecule has 2 atom stereocenters. The summed E-state index contributed by atoms with van der Waals surface area (Å²) < 4.78 is 6.94. The smallest absolute Gasteiger partial charge is 0.408 e. The fraction of sp³-hybridized carbons (Fsp3) is 0.269. The van der Waals surface area contributed by atoms with Gasteiger partial charge in [0.05, 0.1) is 12.1 Å². The summed E-state index contributed by atoms with van der Waals surface area (Å²) in [5, 5.41) is 5.97. The van der Waals surface area contributed by atoms with Crippen LogP contribution in [0.1, 0.15) is 48.3 Å². The predicted octanol–water partition coefficient (Wildman–Crippen LogP) is 3.76. The van der Waals surface area contributed by atoms with Gasteiger partial charge in [0.15, 0.2) is 0 Å². The third-order valence-corrected chi connectivity index (χ3v) is 5.45. The molecule has 3 aromatic rings. The molecule has 2 aromatic carbocycles. The Bertz CT molecular complexity index is 1230. The molecule has 4 rings (SSSR count). The van der Waals surface area contributed by atoms with E-state index in [1.807, 2.05) is 45.0 Å². The third kappa shape index (κ3) is 5.14. The number of nitrogens with one attached hydrogen (secondary N) is 2. The van der Waals surface area contributed by atoms with E-state index in [9.17, 15) is 14.4 Å². The van der Waals surface area contributed by atoms with Crippen molar-refractivity contribution in [2.75, 3.05) is 0 Å². The minimum absolute atomic E-state index is 0.144. The molecule has 0 radical (unpaired) electrons. The summed E-state index contributed by atoms with van der Waals surface area (Å²) in [6.45, 7) is 5.42. The topological polar surface area (TPSA) is 89.4 Å². The maximum atomic E-state index is 13.0. The number of carbonyl (C=O) groups is 2. The first-order valence-corrected chi connectivity index (χ1v) is 10.9. The van der Waals surface area contributed by atoms with E-state index in [1.165, 1.54) is 10.6 Å². The van der Waals surface area contributed by atoms with Gasteiger partial charge in [-0.15, -0.1) is 0 Å². The van der Waals surface area contributed by atoms with Crippen LogP contribution in [0.15, 0.2) is 77.7 Å². The Morgan fingerprint density at radius 1 is 0.939 bits per heavy atom. The number of aromatic nitrogens is 1. The molecule has 33 heavy (non-hydrogen) atoms. The highest BCUT2D eigenvalue weighted by Crippen LogP contribution is 2.32. The molecule has 7 heteroatoms. The monoisotopic (exact) mass is 445 g/mol. The van der Waals surface area contributed by atoms with Crippen LogP contribution in [0, 0.1) is 0 Å². The summed E-state index contributed by atoms with van der Waals surface area (Å²) in [6, 6.07) is 18.9. The maximum Gasteiger partial charge on any atom is 0.408 e. The number of fused-ring (bicyclic) bond motifs is 1. The summed E-state index contributed by atoms with van der Waals surface area (Å²) in [6.07, 6.45) is 1.75. The highest BCUT2D eigenvalue weighted by Gasteiger charge is 2.35. The van der Waals surface area contributed by atoms with Crippen molar-refractivity contribution in [2.45, 2.75) is 44.9 Å². The lowest BCUT2D eigenvalue weighted by atomic mass is 10.1. The van der Waals surface area contributed by atoms with E-state index in [1.54, 1.807) is 42.6 Å². The number of hydrogen-bond donors (Lipinski definition) is 2. The highest BCUT2D eigenvalue weighted by atomic mass is 16.6. The molecule has 0 aliphatic heterocycles. The second-order valence-corrected chi connectivity index (χ2v) is 9.06. The second kappa shape index (κ2) is 8.94. The Balaban J connectivity index is 1.51. The van der Waals surface area contributed by atoms with Crippen LogP contribution in [0.3, 0.4) is 0 Å². The van der Waals surface area contributed by atoms with Gasteiger partial charge < -0.3 is 15.4 Å². The average Bonchev–Trinajstić information content (AvgIpc) is 3.10. The summed E-state index contributed by atoms with van der Waals surface area (Å²) in [5.41, 5.74) is 2.41. The molecule has 0 saturated carbocycles. The SMILES string of the molecule is CC(C)(C)OC(=O)N[C@@H]1c2ccccc2C[C@@H]1NC(=O)c1ccc(-n2ccccc2=O)cc1. The zero-order chi connectivity index (χ0) is 23.6. The fourth-order valence-corrected chi connectivity index (χ4v) is 4.01. The normalized spacial score (nSPS) is 17.2. The fourth-order valence-electron chi connectivity index (χ4n) is 4.01. The third-order valence-electron chi connectivity index (χ3n) is 5.45. The molecule has 1 aliphatic carbocycles. The van der Waals surface area contributed by atoms with Crippen LogP contribution in [-0.2, 0) is 11.2 Å². The van der Waals surface area contributed by atoms with Crippen molar-refractivity contribution in [3.05, 3.63) is 100.0 Å². The van der Waals surface area contributed by atoms with Crippen LogP contribution in [-0.4, -0.2) is 28.2 Å². The van der Waals surface area contributed by atoms with Crippen molar-refractivity contribution in [1.82, 2.24) is 15.2 Å². The predicted molar refractivity (Wildman–Crippen MR) is 126 cm³/mol. The molecule has 2 N–H and O–H groups in total. The Hall–Kier alpha value is -3.87. The first-order chi connectivity index (χ1) is 15.7. The Kier molecular flexibility index (Phi) is 6.05. The van der Waals surface area contributed by atoms with E-state index in [0.29, 0.717) is 17.7 Å². The first-order valence-electron chi connectivity index (χ1n) is 10.9. The van der Waals surface area contributed by atoms with Gasteiger partial charge >= 0.3 is 6.09 Å². The van der Waals surface area contributed by atoms with Crippen molar-refractivity contribution in [3.8, 4) is 5.69 Å². The molecular formula is C26H27N3O4. The molecule has 7 nitrogen and oxygen atoms in total. The van der Waals surface area contributed by atoms with E-state index in [2.05, 4.69) is 10.6 Å². The van der Waals surface area contributed by atoms with Crippen molar-refractivity contribution < 1.29 is 14.3 Å². The number of ether oxygens (including phenoxy) is 1. The Morgan fingerprint density at radius 3 is 2.33 bits per heavy atom. The van der Waals surface area contributed by atoms with Crippen LogP contribution >= 0.6 is 0 Å². The van der Waals surface area contributed by atoms with E-state index >= 15 is 0 Å². The average molecular weight is 446 g/mol. The van der Waals surface area contributed by atoms with E-state index in [0.717, 1.165) is 11.1 Å². The summed E-state index contributed by atoms with van der Waals surface area (Å²) in [7, 11) is 0. The quantitative estimate of drug-likeness (QED) is 0.640. The minimum Gasteiger partial charge on any atom is -0.444 e. The molecule has 0 spiro atoms. The number of pyridine rings is 1. The van der Waals surface area contributed by atoms with Crippen LogP contribution in [0.4, 0.5) is 4.79 Å². The van der Waals surface area contributed by atoms with Crippen LogP contribution in [0.25, 0.3) is 5.69 Å². The number of nitrogens with zero attached hydrogens (tertiary/aromatic N) is 1. The maximum absolute atomic E-state index is 13.0. The van der Waals surface area contributed by atoms with Gasteiger partial charge in [0.2, 0.25) is 0 Å². The summed E-state index contributed by atoms with van der Waals surface area (Å²) in [4.78, 5) is 37.5. The van der Waals surface area contributed by atoms with Crippen LogP contribution in [0.2, 0.25) is 0 Å². The van der Waals surface area contributed by atoms with E-state index in [-0.39, 0.29) is 17.5 Å². The Labute approximate surface area is 192 Å². The van der Waals surface area contributed by atoms with Crippen LogP contribution < -0.4 is 16.2 Å². The number of amides is 2. The molecule has 2 amide bonds. The van der Waals surface area contributed by atoms with Crippen molar-refractivity contribution in [1.29, 1.82) is 0 Å². The second-order valence-electron chi connectivity index (χ2n) is 9.06. The van der Waals surface area contributed by atoms with Gasteiger partial charge in [-0.3, -0.25) is 14.2 Å². The molecule has 0 unspecified atom stereocenters. The summed E-state index contributed by atoms with van der Waals surface area (Å²) >= 11 is 0. The van der Waals surface area contributed by atoms with E-state index in [4.69, 9.17) is 4.74 Å². The van der Waals surface area contributed by atoms with Gasteiger partial charge in [-0.2, -0.15) is 0 Å². The Morgan fingerprint density at radius 2 is 1.64 bits per heavy atom. The molecule has 170 valence electrons. The number of carbonyl (C=O) groups excluding carboxylic acids is 2. The standard InChI is InChI=1S/C26H27N3O4/c1-26(2,3)33-25(32)28-23-20-9-5-4-8-18(20)16-21(23)27-24(31)17-11-13-19(14-12-17)29-15-7-6-10-22(29)30/h4-15,21,23H,16H2,1-3H3,(H,27,31)(H,28,32)/t21-,23+/m0/s1. The first kappa shape index (κ1) is 22.3. The lowest BCUT2D eigenvalue weighted by Crippen LogP contribution is -2.45. The zero-order valence-corrected chi connectivity index (χ0v) is 18.9. The number of alkyl carbamates (subject to hydrolysis) is 1. The molecule has 0 saturated heterocycles. The highest BCUT2D eigenvalue weighted by molar-refractivity contribution is 5.94. The van der Waals surface area contributed by atoms with E-state index < -0.39 is 17.7 Å². The molecule has 0 fully saturated rings. The van der Waals surface area contributed by atoms with Gasteiger partial charge in [0.1, 0.15) is 5.60 Å². The number of hydrogen-bond acceptors (Lipinski definition) is 4. The van der Waals surface area contributed by atoms with Gasteiger partial charge in [0.25, 0.3) is 11.5 Å². The van der Waals surface area contributed by atoms with Gasteiger partial charge in [-0.25, -0.2) is 4.79 Å². The van der Waals surface area contributed by atoms with Gasteiger partial charge in [-0.05, 0) is 68.7 Å². The van der Waals surface area contributed by atoms with Crippen LogP contribution in [0.5, 0.6) is 0 Å². The molecular weight excluding hydrogens is 418 g/mol. The lowest BCUT2D eigenvalue weighted by Gasteiger charge is -2.26. The number of rotatable bonds is 4.